The molecule has 43 heavy (non-hydrogen) atoms. The molecule has 226 valence electrons. The Bertz CT molecular complexity index is 1630. The fraction of sp³-hybridized carbons (Fsp3) is 0.457. The SMILES string of the molecule is CC(C)(C)[C@H]1CCc2nc3sc(C(=O)N[C@H](CCN4CCC[C@H]4CO)c4ccc(-c5ccc(=O)[nH]c5)cc4)cc3cc2C1. The van der Waals surface area contributed by atoms with E-state index in [1.807, 2.05) is 24.3 Å². The molecule has 4 heterocycles. The second kappa shape index (κ2) is 12.3. The first-order valence-corrected chi connectivity index (χ1v) is 16.4. The first kappa shape index (κ1) is 29.7. The van der Waals surface area contributed by atoms with Gasteiger partial charge in [-0.3, -0.25) is 14.5 Å². The molecule has 1 saturated heterocycles. The van der Waals surface area contributed by atoms with Crippen LogP contribution in [0, 0.1) is 11.3 Å². The lowest BCUT2D eigenvalue weighted by molar-refractivity contribution is 0.0931. The Labute approximate surface area is 257 Å². The number of hydrogen-bond acceptors (Lipinski definition) is 6. The highest BCUT2D eigenvalue weighted by molar-refractivity contribution is 7.20. The lowest BCUT2D eigenvalue weighted by Gasteiger charge is -2.34. The summed E-state index contributed by atoms with van der Waals surface area (Å²) in [6, 6.07) is 15.8. The van der Waals surface area contributed by atoms with Crippen molar-refractivity contribution in [1.82, 2.24) is 20.2 Å². The summed E-state index contributed by atoms with van der Waals surface area (Å²) in [5.41, 5.74) is 5.62. The largest absolute Gasteiger partial charge is 0.395 e. The summed E-state index contributed by atoms with van der Waals surface area (Å²) >= 11 is 1.47. The minimum absolute atomic E-state index is 0.0802. The summed E-state index contributed by atoms with van der Waals surface area (Å²) in [6.45, 7) is 8.91. The van der Waals surface area contributed by atoms with E-state index in [1.54, 1.807) is 6.20 Å². The molecule has 0 bridgehead atoms. The Kier molecular flexibility index (Phi) is 8.54. The number of H-pyrrole nitrogens is 1. The molecular formula is C35H42N4O3S. The molecule has 2 aliphatic rings. The van der Waals surface area contributed by atoms with Crippen molar-refractivity contribution in [3.63, 3.8) is 0 Å². The van der Waals surface area contributed by atoms with Gasteiger partial charge >= 0.3 is 0 Å². The van der Waals surface area contributed by atoms with E-state index in [2.05, 4.69) is 54.2 Å². The van der Waals surface area contributed by atoms with E-state index in [-0.39, 0.29) is 35.6 Å². The van der Waals surface area contributed by atoms with Gasteiger partial charge in [0.05, 0.1) is 17.5 Å². The summed E-state index contributed by atoms with van der Waals surface area (Å²) in [4.78, 5) is 36.9. The van der Waals surface area contributed by atoms with Gasteiger partial charge < -0.3 is 15.4 Å². The summed E-state index contributed by atoms with van der Waals surface area (Å²) in [6.07, 6.45) is 7.75. The molecule has 1 aliphatic heterocycles. The monoisotopic (exact) mass is 598 g/mol. The number of carbonyl (C=O) groups excluding carboxylic acids is 1. The number of nitrogens with zero attached hydrogens (tertiary/aromatic N) is 2. The fourth-order valence-corrected chi connectivity index (χ4v) is 7.65. The third kappa shape index (κ3) is 6.61. The van der Waals surface area contributed by atoms with E-state index < -0.39 is 0 Å². The minimum atomic E-state index is -0.184. The molecule has 3 atom stereocenters. The highest BCUT2D eigenvalue weighted by atomic mass is 32.1. The summed E-state index contributed by atoms with van der Waals surface area (Å²) in [5.74, 6) is 0.557. The lowest BCUT2D eigenvalue weighted by Crippen LogP contribution is -2.36. The predicted octanol–water partition coefficient (Wildman–Crippen LogP) is 6.12. The van der Waals surface area contributed by atoms with Gasteiger partial charge in [-0.2, -0.15) is 0 Å². The standard InChI is InChI=1S/C35H42N4O3S/c1-35(2,3)27-11-12-29-25(18-27)17-26-19-31(43-34(26)38-29)33(42)37-30(14-16-39-15-4-5-28(39)21-40)23-8-6-22(7-9-23)24-10-13-32(41)36-20-24/h6-10,13,17,19-20,27-28,30,40H,4-5,11-12,14-16,18,21H2,1-3H3,(H,36,41)(H,37,42)/t27-,28-,30+/m0/s1. The number of aromatic amines is 1. The molecule has 0 unspecified atom stereocenters. The van der Waals surface area contributed by atoms with Crippen LogP contribution in [0.15, 0.2) is 59.5 Å². The molecule has 0 radical (unpaired) electrons. The highest BCUT2D eigenvalue weighted by Crippen LogP contribution is 2.38. The van der Waals surface area contributed by atoms with Crippen LogP contribution in [-0.4, -0.2) is 51.6 Å². The maximum Gasteiger partial charge on any atom is 0.261 e. The number of aliphatic hydroxyl groups excluding tert-OH is 1. The second-order valence-corrected chi connectivity index (χ2v) is 14.3. The number of carbonyl (C=O) groups is 1. The zero-order valence-electron chi connectivity index (χ0n) is 25.4. The maximum atomic E-state index is 13.7. The van der Waals surface area contributed by atoms with Crippen LogP contribution in [0.1, 0.15) is 79.0 Å². The molecule has 3 aromatic heterocycles. The van der Waals surface area contributed by atoms with Gasteiger partial charge in [-0.05, 0) is 96.9 Å². The molecule has 8 heteroatoms. The number of benzene rings is 1. The number of aromatic nitrogens is 2. The normalized spacial score (nSPS) is 19.8. The third-order valence-corrected chi connectivity index (χ3v) is 10.5. The molecule has 4 aromatic rings. The van der Waals surface area contributed by atoms with Crippen molar-refractivity contribution in [2.24, 2.45) is 11.3 Å². The molecule has 1 aliphatic carbocycles. The molecule has 3 N–H and O–H groups in total. The lowest BCUT2D eigenvalue weighted by atomic mass is 9.71. The first-order valence-electron chi connectivity index (χ1n) is 15.5. The van der Waals surface area contributed by atoms with Crippen molar-refractivity contribution in [3.05, 3.63) is 86.8 Å². The third-order valence-electron chi connectivity index (χ3n) is 9.47. The number of aliphatic hydroxyl groups is 1. The number of likely N-dealkylation sites (tertiary alicyclic amines) is 1. The average molecular weight is 599 g/mol. The number of hydrogen-bond donors (Lipinski definition) is 3. The van der Waals surface area contributed by atoms with Crippen molar-refractivity contribution in [2.45, 2.75) is 71.4 Å². The number of rotatable bonds is 8. The minimum Gasteiger partial charge on any atom is -0.395 e. The van der Waals surface area contributed by atoms with Gasteiger partial charge in [0.2, 0.25) is 5.56 Å². The molecule has 0 spiro atoms. The molecule has 0 saturated carbocycles. The van der Waals surface area contributed by atoms with Crippen LogP contribution in [0.5, 0.6) is 0 Å². The van der Waals surface area contributed by atoms with Crippen molar-refractivity contribution in [1.29, 1.82) is 0 Å². The van der Waals surface area contributed by atoms with Crippen molar-refractivity contribution in [3.8, 4) is 11.1 Å². The Morgan fingerprint density at radius 3 is 2.65 bits per heavy atom. The zero-order valence-corrected chi connectivity index (χ0v) is 26.2. The average Bonchev–Trinajstić information content (AvgIpc) is 3.64. The second-order valence-electron chi connectivity index (χ2n) is 13.3. The number of aryl methyl sites for hydroxylation is 1. The molecular weight excluding hydrogens is 556 g/mol. The molecule has 1 aromatic carbocycles. The number of nitrogens with one attached hydrogen (secondary N) is 2. The Balaban J connectivity index is 1.23. The molecule has 1 amide bonds. The van der Waals surface area contributed by atoms with Gasteiger partial charge in [-0.25, -0.2) is 4.98 Å². The predicted molar refractivity (Wildman–Crippen MR) is 174 cm³/mol. The van der Waals surface area contributed by atoms with Crippen LogP contribution in [0.2, 0.25) is 0 Å². The summed E-state index contributed by atoms with van der Waals surface area (Å²) in [5, 5.41) is 14.2. The Hall–Kier alpha value is -3.33. The van der Waals surface area contributed by atoms with E-state index >= 15 is 0 Å². The number of fused-ring (bicyclic) bond motifs is 2. The highest BCUT2D eigenvalue weighted by Gasteiger charge is 2.30. The van der Waals surface area contributed by atoms with Gasteiger partial charge in [0, 0.05) is 35.9 Å². The van der Waals surface area contributed by atoms with E-state index in [9.17, 15) is 14.7 Å². The van der Waals surface area contributed by atoms with Gasteiger partial charge in [0.25, 0.3) is 5.91 Å². The van der Waals surface area contributed by atoms with E-state index in [0.29, 0.717) is 10.8 Å². The molecule has 6 rings (SSSR count). The summed E-state index contributed by atoms with van der Waals surface area (Å²) < 4.78 is 0. The molecule has 1 fully saturated rings. The van der Waals surface area contributed by atoms with Crippen LogP contribution in [0.25, 0.3) is 21.3 Å². The number of amides is 1. The zero-order chi connectivity index (χ0) is 30.1. The topological polar surface area (TPSA) is 98.3 Å². The molecule has 7 nitrogen and oxygen atoms in total. The van der Waals surface area contributed by atoms with Crippen molar-refractivity contribution < 1.29 is 9.90 Å². The van der Waals surface area contributed by atoms with Gasteiger partial charge in [-0.1, -0.05) is 45.0 Å². The quantitative estimate of drug-likeness (QED) is 0.227. The van der Waals surface area contributed by atoms with Crippen LogP contribution in [0.3, 0.4) is 0 Å². The van der Waals surface area contributed by atoms with E-state index in [1.165, 1.54) is 28.7 Å². The number of pyridine rings is 2. The van der Waals surface area contributed by atoms with Crippen molar-refractivity contribution in [2.75, 3.05) is 19.7 Å². The van der Waals surface area contributed by atoms with E-state index in [0.717, 1.165) is 78.5 Å². The summed E-state index contributed by atoms with van der Waals surface area (Å²) in [7, 11) is 0. The maximum absolute atomic E-state index is 13.7. The van der Waals surface area contributed by atoms with Crippen molar-refractivity contribution >= 4 is 27.5 Å². The fourth-order valence-electron chi connectivity index (χ4n) is 6.72. The Morgan fingerprint density at radius 2 is 1.93 bits per heavy atom. The van der Waals surface area contributed by atoms with Gasteiger partial charge in [0.15, 0.2) is 0 Å². The van der Waals surface area contributed by atoms with Crippen LogP contribution in [0.4, 0.5) is 0 Å². The first-order chi connectivity index (χ1) is 20.7. The van der Waals surface area contributed by atoms with Crippen LogP contribution in [-0.2, 0) is 12.8 Å². The van der Waals surface area contributed by atoms with E-state index in [4.69, 9.17) is 4.98 Å². The van der Waals surface area contributed by atoms with Crippen LogP contribution >= 0.6 is 11.3 Å². The van der Waals surface area contributed by atoms with Crippen LogP contribution < -0.4 is 10.9 Å². The van der Waals surface area contributed by atoms with Gasteiger partial charge in [-0.15, -0.1) is 11.3 Å². The number of thiophene rings is 1. The Morgan fingerprint density at radius 1 is 1.14 bits per heavy atom. The van der Waals surface area contributed by atoms with Gasteiger partial charge in [0.1, 0.15) is 4.83 Å². The smallest absolute Gasteiger partial charge is 0.261 e.